The minimum Gasteiger partial charge on any atom is -0.344 e. The normalized spacial score (nSPS) is 24.0. The summed E-state index contributed by atoms with van der Waals surface area (Å²) >= 11 is 0. The Hall–Kier alpha value is -2.35. The quantitative estimate of drug-likeness (QED) is 0.426. The van der Waals surface area contributed by atoms with Crippen LogP contribution in [-0.2, 0) is 17.6 Å². The standard InChI is InChI=1S/C32H41NO/c1-23-20-28-14-6-7-17-30(28)33(2)31(23)29-16-9-11-25(22-29)21-24-10-8-15-27(19-18-24)32(34)26-12-4-3-5-13-26/h6-7,9,11,14,16-17,22,24,26-27H,3-5,8,10,12-13,15,18-21H2,1-2H3. The molecule has 2 aliphatic carbocycles. The van der Waals surface area contributed by atoms with E-state index in [1.165, 1.54) is 72.2 Å². The van der Waals surface area contributed by atoms with Gasteiger partial charge in [0.2, 0.25) is 0 Å². The number of rotatable bonds is 5. The van der Waals surface area contributed by atoms with Gasteiger partial charge in [0.15, 0.2) is 0 Å². The van der Waals surface area contributed by atoms with Gasteiger partial charge in [-0.15, -0.1) is 0 Å². The first-order valence-corrected chi connectivity index (χ1v) is 13.7. The maximum Gasteiger partial charge on any atom is 0.139 e. The third kappa shape index (κ3) is 5.02. The lowest BCUT2D eigenvalue weighted by atomic mass is 9.79. The molecule has 0 spiro atoms. The second-order valence-corrected chi connectivity index (χ2v) is 11.2. The molecule has 180 valence electrons. The first-order valence-electron chi connectivity index (χ1n) is 13.7. The van der Waals surface area contributed by atoms with Gasteiger partial charge in [0.05, 0.1) is 0 Å². The summed E-state index contributed by atoms with van der Waals surface area (Å²) in [6.45, 7) is 2.28. The van der Waals surface area contributed by atoms with Crippen LogP contribution in [0.2, 0.25) is 0 Å². The van der Waals surface area contributed by atoms with Crippen LogP contribution in [0.3, 0.4) is 0 Å². The largest absolute Gasteiger partial charge is 0.344 e. The van der Waals surface area contributed by atoms with E-state index in [4.69, 9.17) is 0 Å². The van der Waals surface area contributed by atoms with Gasteiger partial charge in [0, 0.05) is 30.3 Å². The van der Waals surface area contributed by atoms with Crippen molar-refractivity contribution < 1.29 is 4.79 Å². The molecule has 1 heterocycles. The van der Waals surface area contributed by atoms with Gasteiger partial charge in [-0.05, 0) is 92.2 Å². The molecule has 2 atom stereocenters. The highest BCUT2D eigenvalue weighted by Crippen LogP contribution is 2.38. The molecule has 0 bridgehead atoms. The van der Waals surface area contributed by atoms with E-state index in [0.29, 0.717) is 23.5 Å². The molecule has 3 aliphatic rings. The summed E-state index contributed by atoms with van der Waals surface area (Å²) in [4.78, 5) is 15.5. The van der Waals surface area contributed by atoms with E-state index in [1.807, 2.05) is 0 Å². The first kappa shape index (κ1) is 23.4. The zero-order valence-electron chi connectivity index (χ0n) is 21.2. The van der Waals surface area contributed by atoms with Gasteiger partial charge in [0.1, 0.15) is 5.78 Å². The highest BCUT2D eigenvalue weighted by Gasteiger charge is 2.30. The lowest BCUT2D eigenvalue weighted by Crippen LogP contribution is -2.25. The molecule has 0 aromatic heterocycles. The molecule has 0 N–H and O–H groups in total. The smallest absolute Gasteiger partial charge is 0.139 e. The first-order chi connectivity index (χ1) is 16.6. The number of para-hydroxylation sites is 1. The van der Waals surface area contributed by atoms with Crippen LogP contribution < -0.4 is 4.90 Å². The molecule has 2 fully saturated rings. The molecule has 5 rings (SSSR count). The van der Waals surface area contributed by atoms with Gasteiger partial charge in [-0.1, -0.05) is 68.5 Å². The molecular weight excluding hydrogens is 414 g/mol. The molecule has 0 amide bonds. The number of carbonyl (C=O) groups is 1. The number of hydrogen-bond acceptors (Lipinski definition) is 2. The molecule has 2 nitrogen and oxygen atoms in total. The van der Waals surface area contributed by atoms with Crippen LogP contribution >= 0.6 is 0 Å². The third-order valence-corrected chi connectivity index (χ3v) is 8.77. The van der Waals surface area contributed by atoms with Gasteiger partial charge in [-0.25, -0.2) is 0 Å². The minimum atomic E-state index is 0.336. The average molecular weight is 456 g/mol. The van der Waals surface area contributed by atoms with E-state index in [0.717, 1.165) is 38.5 Å². The zero-order chi connectivity index (χ0) is 23.5. The molecular formula is C32H41NO. The van der Waals surface area contributed by atoms with Crippen LogP contribution in [-0.4, -0.2) is 12.8 Å². The van der Waals surface area contributed by atoms with E-state index in [-0.39, 0.29) is 0 Å². The van der Waals surface area contributed by atoms with Crippen molar-refractivity contribution in [3.63, 3.8) is 0 Å². The summed E-state index contributed by atoms with van der Waals surface area (Å²) in [5, 5.41) is 0. The van der Waals surface area contributed by atoms with Crippen molar-refractivity contribution in [1.29, 1.82) is 0 Å². The molecule has 34 heavy (non-hydrogen) atoms. The lowest BCUT2D eigenvalue weighted by molar-refractivity contribution is -0.128. The molecule has 2 aromatic rings. The van der Waals surface area contributed by atoms with Crippen molar-refractivity contribution in [2.75, 3.05) is 11.9 Å². The molecule has 1 aliphatic heterocycles. The Kier molecular flexibility index (Phi) is 7.23. The summed E-state index contributed by atoms with van der Waals surface area (Å²) in [5.41, 5.74) is 8.33. The Morgan fingerprint density at radius 2 is 1.62 bits per heavy atom. The van der Waals surface area contributed by atoms with Crippen LogP contribution in [0.15, 0.2) is 54.1 Å². The van der Waals surface area contributed by atoms with E-state index in [9.17, 15) is 4.79 Å². The summed E-state index contributed by atoms with van der Waals surface area (Å²) < 4.78 is 0. The fourth-order valence-electron chi connectivity index (χ4n) is 6.97. The average Bonchev–Trinajstić information content (AvgIpc) is 3.10. The van der Waals surface area contributed by atoms with Crippen molar-refractivity contribution in [3.05, 3.63) is 70.8 Å². The highest BCUT2D eigenvalue weighted by atomic mass is 16.1. The second-order valence-electron chi connectivity index (χ2n) is 11.2. The highest BCUT2D eigenvalue weighted by molar-refractivity contribution is 5.85. The number of hydrogen-bond donors (Lipinski definition) is 0. The van der Waals surface area contributed by atoms with E-state index < -0.39 is 0 Å². The monoisotopic (exact) mass is 455 g/mol. The number of Topliss-reactive ketones (excluding diaryl/α,β-unsaturated/α-hetero) is 1. The van der Waals surface area contributed by atoms with Gasteiger partial charge < -0.3 is 4.90 Å². The van der Waals surface area contributed by atoms with Crippen LogP contribution in [0.25, 0.3) is 5.70 Å². The third-order valence-electron chi connectivity index (χ3n) is 8.77. The minimum absolute atomic E-state index is 0.336. The Morgan fingerprint density at radius 3 is 2.47 bits per heavy atom. The molecule has 0 radical (unpaired) electrons. The molecule has 2 aromatic carbocycles. The van der Waals surface area contributed by atoms with Crippen molar-refractivity contribution in [2.24, 2.45) is 17.8 Å². The molecule has 2 unspecified atom stereocenters. The van der Waals surface area contributed by atoms with E-state index in [1.54, 1.807) is 0 Å². The number of anilines is 1. The Balaban J connectivity index is 1.25. The Morgan fingerprint density at radius 1 is 0.853 bits per heavy atom. The van der Waals surface area contributed by atoms with Crippen molar-refractivity contribution in [3.8, 4) is 0 Å². The van der Waals surface area contributed by atoms with E-state index in [2.05, 4.69) is 67.4 Å². The van der Waals surface area contributed by atoms with Crippen LogP contribution in [0.1, 0.15) is 87.8 Å². The van der Waals surface area contributed by atoms with Gasteiger partial charge in [-0.2, -0.15) is 0 Å². The predicted octanol–water partition coefficient (Wildman–Crippen LogP) is 8.00. The van der Waals surface area contributed by atoms with Gasteiger partial charge >= 0.3 is 0 Å². The zero-order valence-corrected chi connectivity index (χ0v) is 21.2. The molecule has 0 saturated heterocycles. The van der Waals surface area contributed by atoms with Crippen molar-refractivity contribution >= 4 is 17.2 Å². The van der Waals surface area contributed by atoms with Gasteiger partial charge in [0.25, 0.3) is 0 Å². The topological polar surface area (TPSA) is 20.3 Å². The number of fused-ring (bicyclic) bond motifs is 1. The Bertz CT molecular complexity index is 1040. The maximum absolute atomic E-state index is 13.1. The summed E-state index contributed by atoms with van der Waals surface area (Å²) in [6, 6.07) is 18.0. The fraction of sp³-hybridized carbons (Fsp3) is 0.531. The van der Waals surface area contributed by atoms with Crippen molar-refractivity contribution in [1.82, 2.24) is 0 Å². The summed E-state index contributed by atoms with van der Waals surface area (Å²) in [7, 11) is 2.21. The number of carbonyl (C=O) groups excluding carboxylic acids is 1. The predicted molar refractivity (Wildman–Crippen MR) is 143 cm³/mol. The number of allylic oxidation sites excluding steroid dienone is 1. The molecule has 2 saturated carbocycles. The number of benzene rings is 2. The Labute approximate surface area is 206 Å². The molecule has 2 heteroatoms. The van der Waals surface area contributed by atoms with E-state index >= 15 is 0 Å². The maximum atomic E-state index is 13.1. The number of nitrogens with zero attached hydrogens (tertiary/aromatic N) is 1. The van der Waals surface area contributed by atoms with Crippen molar-refractivity contribution in [2.45, 2.75) is 84.0 Å². The second kappa shape index (κ2) is 10.5. The van der Waals surface area contributed by atoms with Crippen LogP contribution in [0, 0.1) is 17.8 Å². The number of ketones is 1. The SMILES string of the molecule is CC1=C(c2cccc(CC3CCCC(C(=O)C4CCCCC4)CC3)c2)N(C)c2ccccc2C1. The van der Waals surface area contributed by atoms with Gasteiger partial charge in [-0.3, -0.25) is 4.79 Å². The summed E-state index contributed by atoms with van der Waals surface area (Å²) in [6.07, 6.45) is 14.3. The van der Waals surface area contributed by atoms with Crippen LogP contribution in [0.4, 0.5) is 5.69 Å². The van der Waals surface area contributed by atoms with Crippen LogP contribution in [0.5, 0.6) is 0 Å². The summed E-state index contributed by atoms with van der Waals surface area (Å²) in [5.74, 6) is 2.04. The lowest BCUT2D eigenvalue weighted by Gasteiger charge is -2.32. The fourth-order valence-corrected chi connectivity index (χ4v) is 6.97.